The Morgan fingerprint density at radius 2 is 1.53 bits per heavy atom. The first kappa shape index (κ1) is 23.3. The molecule has 5 nitrogen and oxygen atoms in total. The summed E-state index contributed by atoms with van der Waals surface area (Å²) in [4.78, 5) is 20.0. The van der Waals surface area contributed by atoms with Gasteiger partial charge in [-0.05, 0) is 30.3 Å². The predicted octanol–water partition coefficient (Wildman–Crippen LogP) is 5.17. The van der Waals surface area contributed by atoms with Gasteiger partial charge in [-0.3, -0.25) is 4.79 Å². The Labute approximate surface area is 179 Å². The number of ether oxygens (including phenoxy) is 1. The molecule has 3 aromatic rings. The van der Waals surface area contributed by atoms with Crippen molar-refractivity contribution in [1.82, 2.24) is 9.97 Å². The molecule has 3 rings (SSSR count). The number of carbonyl (C=O) groups excluding carboxylic acids is 1. The SMILES string of the molecule is O=C(CSc1nccc(-c2ccc(OC(F)F)cc2)n1)Nc1c(F)c(F)c(F)c(F)c1F. The van der Waals surface area contributed by atoms with Gasteiger partial charge in [0.15, 0.2) is 28.4 Å². The van der Waals surface area contributed by atoms with E-state index in [2.05, 4.69) is 14.7 Å². The van der Waals surface area contributed by atoms with Gasteiger partial charge in [0.2, 0.25) is 11.7 Å². The molecule has 0 spiro atoms. The van der Waals surface area contributed by atoms with Crippen LogP contribution in [0.1, 0.15) is 0 Å². The number of carbonyl (C=O) groups is 1. The Kier molecular flexibility index (Phi) is 7.18. The van der Waals surface area contributed by atoms with Crippen LogP contribution in [0.2, 0.25) is 0 Å². The van der Waals surface area contributed by atoms with E-state index in [1.165, 1.54) is 36.5 Å². The van der Waals surface area contributed by atoms with Crippen molar-refractivity contribution in [3.05, 3.63) is 65.6 Å². The van der Waals surface area contributed by atoms with Gasteiger partial charge in [0, 0.05) is 11.8 Å². The molecular formula is C19H10F7N3O2S. The van der Waals surface area contributed by atoms with E-state index in [9.17, 15) is 35.5 Å². The number of amides is 1. The maximum absolute atomic E-state index is 13.6. The van der Waals surface area contributed by atoms with Crippen LogP contribution in [0, 0.1) is 29.1 Å². The van der Waals surface area contributed by atoms with E-state index in [-0.39, 0.29) is 10.9 Å². The van der Waals surface area contributed by atoms with Crippen LogP contribution in [-0.4, -0.2) is 28.2 Å². The van der Waals surface area contributed by atoms with Crippen LogP contribution in [0.15, 0.2) is 41.7 Å². The first-order valence-corrected chi connectivity index (χ1v) is 9.48. The second-order valence-electron chi connectivity index (χ2n) is 5.91. The highest BCUT2D eigenvalue weighted by atomic mass is 32.2. The van der Waals surface area contributed by atoms with Crippen molar-refractivity contribution in [3.8, 4) is 17.0 Å². The molecule has 13 heteroatoms. The summed E-state index contributed by atoms with van der Waals surface area (Å²) >= 11 is 0.727. The summed E-state index contributed by atoms with van der Waals surface area (Å²) in [5, 5.41) is 1.70. The summed E-state index contributed by atoms with van der Waals surface area (Å²) in [7, 11) is 0. The number of alkyl halides is 2. The van der Waals surface area contributed by atoms with Gasteiger partial charge >= 0.3 is 6.61 Å². The second kappa shape index (κ2) is 9.85. The molecule has 1 aromatic heterocycles. The van der Waals surface area contributed by atoms with Crippen molar-refractivity contribution >= 4 is 23.4 Å². The number of nitrogens with zero attached hydrogens (tertiary/aromatic N) is 2. The van der Waals surface area contributed by atoms with Crippen molar-refractivity contribution in [2.75, 3.05) is 11.1 Å². The number of halogens is 7. The molecular weight excluding hydrogens is 467 g/mol. The van der Waals surface area contributed by atoms with Crippen LogP contribution >= 0.6 is 11.8 Å². The first-order valence-electron chi connectivity index (χ1n) is 8.49. The lowest BCUT2D eigenvalue weighted by Gasteiger charge is -2.10. The van der Waals surface area contributed by atoms with Crippen LogP contribution in [0.4, 0.5) is 36.4 Å². The predicted molar refractivity (Wildman–Crippen MR) is 99.7 cm³/mol. The Morgan fingerprint density at radius 1 is 0.938 bits per heavy atom. The minimum atomic E-state index is -2.97. The van der Waals surface area contributed by atoms with E-state index in [0.29, 0.717) is 11.3 Å². The number of nitrogens with one attached hydrogen (secondary N) is 1. The van der Waals surface area contributed by atoms with E-state index in [1.807, 2.05) is 0 Å². The zero-order chi connectivity index (χ0) is 23.4. The van der Waals surface area contributed by atoms with Crippen LogP contribution in [-0.2, 0) is 4.79 Å². The van der Waals surface area contributed by atoms with Gasteiger partial charge in [-0.1, -0.05) is 11.8 Å². The highest BCUT2D eigenvalue weighted by Crippen LogP contribution is 2.28. The van der Waals surface area contributed by atoms with Crippen LogP contribution in [0.3, 0.4) is 0 Å². The first-order chi connectivity index (χ1) is 15.2. The lowest BCUT2D eigenvalue weighted by molar-refractivity contribution is -0.113. The quantitative estimate of drug-likeness (QED) is 0.167. The van der Waals surface area contributed by atoms with Crippen molar-refractivity contribution in [1.29, 1.82) is 0 Å². The Bertz CT molecular complexity index is 1120. The molecule has 1 amide bonds. The Balaban J connectivity index is 1.68. The van der Waals surface area contributed by atoms with E-state index in [4.69, 9.17) is 0 Å². The number of aromatic nitrogens is 2. The van der Waals surface area contributed by atoms with Crippen LogP contribution in [0.25, 0.3) is 11.3 Å². The smallest absolute Gasteiger partial charge is 0.387 e. The van der Waals surface area contributed by atoms with Crippen LogP contribution < -0.4 is 10.1 Å². The van der Waals surface area contributed by atoms with Crippen molar-refractivity contribution in [3.63, 3.8) is 0 Å². The summed E-state index contributed by atoms with van der Waals surface area (Å²) in [6, 6.07) is 7.03. The highest BCUT2D eigenvalue weighted by molar-refractivity contribution is 7.99. The maximum Gasteiger partial charge on any atom is 0.387 e. The number of hydrogen-bond donors (Lipinski definition) is 1. The van der Waals surface area contributed by atoms with Gasteiger partial charge in [0.25, 0.3) is 0 Å². The molecule has 0 unspecified atom stereocenters. The molecule has 0 aliphatic carbocycles. The summed E-state index contributed by atoms with van der Waals surface area (Å²) in [5.41, 5.74) is -0.583. The molecule has 2 aromatic carbocycles. The Hall–Kier alpha value is -3.35. The van der Waals surface area contributed by atoms with E-state index < -0.39 is 53.0 Å². The third-order valence-electron chi connectivity index (χ3n) is 3.82. The number of benzene rings is 2. The summed E-state index contributed by atoms with van der Waals surface area (Å²) < 4.78 is 95.5. The fourth-order valence-electron chi connectivity index (χ4n) is 2.40. The van der Waals surface area contributed by atoms with Gasteiger partial charge in [-0.2, -0.15) is 8.78 Å². The molecule has 1 N–H and O–H groups in total. The largest absolute Gasteiger partial charge is 0.435 e. The molecule has 0 fully saturated rings. The van der Waals surface area contributed by atoms with Crippen molar-refractivity contribution in [2.24, 2.45) is 0 Å². The molecule has 32 heavy (non-hydrogen) atoms. The van der Waals surface area contributed by atoms with Gasteiger partial charge in [-0.25, -0.2) is 31.9 Å². The average Bonchev–Trinajstić information content (AvgIpc) is 2.78. The number of thioether (sulfide) groups is 1. The maximum atomic E-state index is 13.6. The zero-order valence-electron chi connectivity index (χ0n) is 15.5. The molecule has 0 saturated carbocycles. The molecule has 0 radical (unpaired) electrons. The number of rotatable bonds is 7. The monoisotopic (exact) mass is 477 g/mol. The average molecular weight is 477 g/mol. The fraction of sp³-hybridized carbons (Fsp3) is 0.105. The third kappa shape index (κ3) is 5.28. The van der Waals surface area contributed by atoms with Crippen LogP contribution in [0.5, 0.6) is 5.75 Å². The summed E-state index contributed by atoms with van der Waals surface area (Å²) in [6.45, 7) is -2.97. The van der Waals surface area contributed by atoms with Crippen molar-refractivity contribution < 1.29 is 40.3 Å². The molecule has 168 valence electrons. The third-order valence-corrected chi connectivity index (χ3v) is 4.68. The van der Waals surface area contributed by atoms with Gasteiger partial charge < -0.3 is 10.1 Å². The highest BCUT2D eigenvalue weighted by Gasteiger charge is 2.26. The molecule has 0 atom stereocenters. The van der Waals surface area contributed by atoms with E-state index >= 15 is 0 Å². The van der Waals surface area contributed by atoms with Gasteiger partial charge in [0.1, 0.15) is 11.4 Å². The summed E-state index contributed by atoms with van der Waals surface area (Å²) in [5.74, 6) is -12.7. The van der Waals surface area contributed by atoms with E-state index in [0.717, 1.165) is 11.8 Å². The standard InChI is InChI=1S/C19H10F7N3O2S/c20-12-13(21)15(23)17(16(24)14(12)22)29-11(30)7-32-19-27-6-5-10(28-19)8-1-3-9(4-2-8)31-18(25)26/h1-6,18H,7H2,(H,29,30). The molecule has 0 aliphatic rings. The minimum Gasteiger partial charge on any atom is -0.435 e. The second-order valence-corrected chi connectivity index (χ2v) is 6.85. The normalized spacial score (nSPS) is 11.0. The van der Waals surface area contributed by atoms with Gasteiger partial charge in [0.05, 0.1) is 11.4 Å². The molecule has 0 bridgehead atoms. The Morgan fingerprint density at radius 3 is 2.12 bits per heavy atom. The number of anilines is 1. The van der Waals surface area contributed by atoms with Crippen molar-refractivity contribution in [2.45, 2.75) is 11.8 Å². The topological polar surface area (TPSA) is 64.1 Å². The lowest BCUT2D eigenvalue weighted by atomic mass is 10.1. The van der Waals surface area contributed by atoms with Gasteiger partial charge in [-0.15, -0.1) is 0 Å². The minimum absolute atomic E-state index is 0.0581. The fourth-order valence-corrected chi connectivity index (χ4v) is 3.03. The van der Waals surface area contributed by atoms with E-state index in [1.54, 1.807) is 5.32 Å². The molecule has 1 heterocycles. The number of hydrogen-bond acceptors (Lipinski definition) is 5. The molecule has 0 saturated heterocycles. The zero-order valence-corrected chi connectivity index (χ0v) is 16.3. The lowest BCUT2D eigenvalue weighted by Crippen LogP contribution is -2.18. The summed E-state index contributed by atoms with van der Waals surface area (Å²) in [6.07, 6.45) is 1.34. The molecule has 0 aliphatic heterocycles.